The van der Waals surface area contributed by atoms with Crippen LogP contribution >= 0.6 is 0 Å². The average Bonchev–Trinajstić information content (AvgIpc) is 2.62. The first-order chi connectivity index (χ1) is 6.85. The molecule has 1 aliphatic heterocycles. The second-order valence-corrected chi connectivity index (χ2v) is 3.85. The molecule has 1 atom stereocenters. The van der Waals surface area contributed by atoms with Gasteiger partial charge in [-0.1, -0.05) is 6.92 Å². The van der Waals surface area contributed by atoms with Crippen molar-refractivity contribution in [3.05, 3.63) is 11.6 Å². The lowest BCUT2D eigenvalue weighted by Crippen LogP contribution is -2.27. The fraction of sp³-hybridized carbons (Fsp3) is 0.800. The minimum atomic E-state index is 0.511. The van der Waals surface area contributed by atoms with Crippen LogP contribution in [0.25, 0.3) is 0 Å². The van der Waals surface area contributed by atoms with E-state index in [1.807, 2.05) is 7.05 Å². The highest BCUT2D eigenvalue weighted by Crippen LogP contribution is 2.22. The topological polar surface area (TPSA) is 42.7 Å². The second-order valence-electron chi connectivity index (χ2n) is 3.85. The number of aromatic nitrogens is 3. The van der Waals surface area contributed by atoms with Crippen LogP contribution in [-0.2, 0) is 12.8 Å². The second kappa shape index (κ2) is 4.09. The summed E-state index contributed by atoms with van der Waals surface area (Å²) in [5.41, 5.74) is 0. The molecule has 14 heavy (non-hydrogen) atoms. The number of nitrogens with zero attached hydrogens (tertiary/aromatic N) is 3. The Labute approximate surface area is 84.7 Å². The smallest absolute Gasteiger partial charge is 0.150 e. The lowest BCUT2D eigenvalue weighted by Gasteiger charge is -2.22. The SMILES string of the molecule is CCc1nc2n(n1)C(CNC)CCC2. The highest BCUT2D eigenvalue weighted by molar-refractivity contribution is 4.98. The van der Waals surface area contributed by atoms with Gasteiger partial charge in [-0.05, 0) is 19.9 Å². The van der Waals surface area contributed by atoms with Gasteiger partial charge in [-0.15, -0.1) is 0 Å². The van der Waals surface area contributed by atoms with Crippen LogP contribution in [-0.4, -0.2) is 28.4 Å². The van der Waals surface area contributed by atoms with E-state index in [1.54, 1.807) is 0 Å². The molecule has 0 saturated heterocycles. The van der Waals surface area contributed by atoms with Crippen molar-refractivity contribution in [2.75, 3.05) is 13.6 Å². The molecule has 0 saturated carbocycles. The first kappa shape index (κ1) is 9.65. The van der Waals surface area contributed by atoms with Crippen LogP contribution in [0.3, 0.4) is 0 Å². The van der Waals surface area contributed by atoms with Crippen molar-refractivity contribution in [2.45, 2.75) is 38.6 Å². The van der Waals surface area contributed by atoms with Gasteiger partial charge in [-0.3, -0.25) is 0 Å². The van der Waals surface area contributed by atoms with Crippen molar-refractivity contribution in [3.8, 4) is 0 Å². The number of aryl methyl sites for hydroxylation is 2. The highest BCUT2D eigenvalue weighted by Gasteiger charge is 2.21. The molecule has 1 aromatic rings. The Hall–Kier alpha value is -0.900. The van der Waals surface area contributed by atoms with Crippen LogP contribution in [0, 0.1) is 0 Å². The molecule has 0 aliphatic carbocycles. The summed E-state index contributed by atoms with van der Waals surface area (Å²) < 4.78 is 2.12. The van der Waals surface area contributed by atoms with Crippen LogP contribution in [0.4, 0.5) is 0 Å². The van der Waals surface area contributed by atoms with Gasteiger partial charge >= 0.3 is 0 Å². The Morgan fingerprint density at radius 3 is 3.14 bits per heavy atom. The van der Waals surface area contributed by atoms with Crippen molar-refractivity contribution in [1.82, 2.24) is 20.1 Å². The van der Waals surface area contributed by atoms with E-state index in [4.69, 9.17) is 0 Å². The summed E-state index contributed by atoms with van der Waals surface area (Å²) in [6.45, 7) is 3.11. The lowest BCUT2D eigenvalue weighted by molar-refractivity contribution is 0.352. The number of fused-ring (bicyclic) bond motifs is 1. The van der Waals surface area contributed by atoms with Gasteiger partial charge in [0.2, 0.25) is 0 Å². The van der Waals surface area contributed by atoms with E-state index in [-0.39, 0.29) is 0 Å². The zero-order valence-corrected chi connectivity index (χ0v) is 8.95. The predicted octanol–water partition coefficient (Wildman–Crippen LogP) is 0.937. The third-order valence-electron chi connectivity index (χ3n) is 2.79. The lowest BCUT2D eigenvalue weighted by atomic mass is 10.1. The average molecular weight is 194 g/mol. The third kappa shape index (κ3) is 1.66. The molecular weight excluding hydrogens is 176 g/mol. The van der Waals surface area contributed by atoms with Crippen molar-refractivity contribution in [1.29, 1.82) is 0 Å². The van der Waals surface area contributed by atoms with Gasteiger partial charge in [0.1, 0.15) is 5.82 Å². The molecule has 78 valence electrons. The van der Waals surface area contributed by atoms with E-state index in [0.717, 1.165) is 25.2 Å². The summed E-state index contributed by atoms with van der Waals surface area (Å²) >= 11 is 0. The molecule has 4 heteroatoms. The molecular formula is C10H18N4. The van der Waals surface area contributed by atoms with Crippen molar-refractivity contribution in [2.24, 2.45) is 0 Å². The molecule has 0 aromatic carbocycles. The quantitative estimate of drug-likeness (QED) is 0.778. The minimum Gasteiger partial charge on any atom is -0.318 e. The number of hydrogen-bond acceptors (Lipinski definition) is 3. The Bertz CT molecular complexity index is 305. The maximum atomic E-state index is 4.53. The van der Waals surface area contributed by atoms with Gasteiger partial charge in [-0.25, -0.2) is 9.67 Å². The molecule has 1 aliphatic rings. The van der Waals surface area contributed by atoms with Crippen molar-refractivity contribution in [3.63, 3.8) is 0 Å². The van der Waals surface area contributed by atoms with E-state index in [9.17, 15) is 0 Å². The molecule has 4 nitrogen and oxygen atoms in total. The summed E-state index contributed by atoms with van der Waals surface area (Å²) in [6, 6.07) is 0.511. The highest BCUT2D eigenvalue weighted by atomic mass is 15.4. The van der Waals surface area contributed by atoms with Crippen molar-refractivity contribution < 1.29 is 0 Å². The van der Waals surface area contributed by atoms with E-state index >= 15 is 0 Å². The third-order valence-corrected chi connectivity index (χ3v) is 2.79. The van der Waals surface area contributed by atoms with E-state index in [2.05, 4.69) is 27.0 Å². The van der Waals surface area contributed by atoms with Crippen molar-refractivity contribution >= 4 is 0 Å². The monoisotopic (exact) mass is 194 g/mol. The fourth-order valence-electron chi connectivity index (χ4n) is 2.06. The molecule has 2 heterocycles. The summed E-state index contributed by atoms with van der Waals surface area (Å²) in [5, 5.41) is 7.75. The Morgan fingerprint density at radius 1 is 1.57 bits per heavy atom. The van der Waals surface area contributed by atoms with Crippen LogP contribution in [0.15, 0.2) is 0 Å². The predicted molar refractivity (Wildman–Crippen MR) is 55.3 cm³/mol. The maximum Gasteiger partial charge on any atom is 0.150 e. The normalized spacial score (nSPS) is 20.9. The zero-order valence-electron chi connectivity index (χ0n) is 8.95. The van der Waals surface area contributed by atoms with Crippen LogP contribution in [0.5, 0.6) is 0 Å². The first-order valence-electron chi connectivity index (χ1n) is 5.44. The molecule has 2 rings (SSSR count). The molecule has 0 amide bonds. The minimum absolute atomic E-state index is 0.511. The summed E-state index contributed by atoms with van der Waals surface area (Å²) in [4.78, 5) is 4.53. The van der Waals surface area contributed by atoms with E-state index in [0.29, 0.717) is 6.04 Å². The maximum absolute atomic E-state index is 4.53. The van der Waals surface area contributed by atoms with Gasteiger partial charge in [0.05, 0.1) is 6.04 Å². The number of rotatable bonds is 3. The Balaban J connectivity index is 2.24. The standard InChI is InChI=1S/C10H18N4/c1-3-9-12-10-6-4-5-8(7-11-2)14(10)13-9/h8,11H,3-7H2,1-2H3. The molecule has 0 bridgehead atoms. The van der Waals surface area contributed by atoms with Gasteiger partial charge < -0.3 is 5.32 Å². The fourth-order valence-corrected chi connectivity index (χ4v) is 2.06. The van der Waals surface area contributed by atoms with Gasteiger partial charge in [0.25, 0.3) is 0 Å². The summed E-state index contributed by atoms with van der Waals surface area (Å²) in [6.07, 6.45) is 4.49. The molecule has 0 spiro atoms. The molecule has 0 fully saturated rings. The van der Waals surface area contributed by atoms with E-state index < -0.39 is 0 Å². The summed E-state index contributed by atoms with van der Waals surface area (Å²) in [5.74, 6) is 2.16. The molecule has 0 radical (unpaired) electrons. The van der Waals surface area contributed by atoms with Crippen LogP contribution < -0.4 is 5.32 Å². The van der Waals surface area contributed by atoms with E-state index in [1.165, 1.54) is 18.7 Å². The van der Waals surface area contributed by atoms with Gasteiger partial charge in [0, 0.05) is 19.4 Å². The zero-order chi connectivity index (χ0) is 9.97. The molecule has 1 aromatic heterocycles. The summed E-state index contributed by atoms with van der Waals surface area (Å²) in [7, 11) is 1.99. The van der Waals surface area contributed by atoms with Crippen LogP contribution in [0.2, 0.25) is 0 Å². The van der Waals surface area contributed by atoms with Gasteiger partial charge in [-0.2, -0.15) is 5.10 Å². The number of hydrogen-bond donors (Lipinski definition) is 1. The molecule has 1 unspecified atom stereocenters. The van der Waals surface area contributed by atoms with Gasteiger partial charge in [0.15, 0.2) is 5.82 Å². The van der Waals surface area contributed by atoms with Crippen LogP contribution in [0.1, 0.15) is 37.5 Å². The molecule has 1 N–H and O–H groups in total. The first-order valence-corrected chi connectivity index (χ1v) is 5.44. The number of nitrogens with one attached hydrogen (secondary N) is 1. The Morgan fingerprint density at radius 2 is 2.43 bits per heavy atom. The Kier molecular flexibility index (Phi) is 2.82. The number of likely N-dealkylation sites (N-methyl/N-ethyl adjacent to an activating group) is 1. The largest absolute Gasteiger partial charge is 0.318 e.